The van der Waals surface area contributed by atoms with Crippen LogP contribution < -0.4 is 4.74 Å². The molecule has 1 aromatic rings. The van der Waals surface area contributed by atoms with E-state index in [-0.39, 0.29) is 5.91 Å². The Morgan fingerprint density at radius 3 is 2.78 bits per heavy atom. The molecule has 23 heavy (non-hydrogen) atoms. The fraction of sp³-hybridized carbons (Fsp3) is 0.556. The van der Waals surface area contributed by atoms with Crippen LogP contribution in [0.4, 0.5) is 0 Å². The van der Waals surface area contributed by atoms with Gasteiger partial charge in [-0.15, -0.1) is 0 Å². The van der Waals surface area contributed by atoms with Crippen LogP contribution in [0, 0.1) is 5.92 Å². The summed E-state index contributed by atoms with van der Waals surface area (Å²) in [5, 5.41) is 4.18. The molecule has 5 heteroatoms. The maximum Gasteiger partial charge on any atom is 0.269 e. The summed E-state index contributed by atoms with van der Waals surface area (Å²) < 4.78 is 5.17. The van der Waals surface area contributed by atoms with Crippen LogP contribution in [-0.4, -0.2) is 42.3 Å². The van der Waals surface area contributed by atoms with Crippen LogP contribution in [0.3, 0.4) is 0 Å². The summed E-state index contributed by atoms with van der Waals surface area (Å²) in [5.74, 6) is 1.41. The van der Waals surface area contributed by atoms with Crippen LogP contribution in [0.5, 0.6) is 5.75 Å². The average Bonchev–Trinajstić information content (AvgIpc) is 2.98. The van der Waals surface area contributed by atoms with Crippen LogP contribution >= 0.6 is 0 Å². The maximum atomic E-state index is 12.9. The summed E-state index contributed by atoms with van der Waals surface area (Å²) >= 11 is 0. The van der Waals surface area contributed by atoms with Crippen molar-refractivity contribution < 1.29 is 14.4 Å². The van der Waals surface area contributed by atoms with E-state index >= 15 is 0 Å². The van der Waals surface area contributed by atoms with Crippen LogP contribution in [0.15, 0.2) is 29.4 Å². The molecule has 2 atom stereocenters. The van der Waals surface area contributed by atoms with Crippen LogP contribution in [0.25, 0.3) is 0 Å². The minimum Gasteiger partial charge on any atom is -0.497 e. The van der Waals surface area contributed by atoms with Gasteiger partial charge in [0.1, 0.15) is 5.75 Å². The zero-order valence-electron chi connectivity index (χ0n) is 14.0. The Balaban J connectivity index is 1.69. The molecule has 2 aliphatic heterocycles. The molecular weight excluding hydrogens is 292 g/mol. The van der Waals surface area contributed by atoms with Gasteiger partial charge in [0.2, 0.25) is 5.60 Å². The smallest absolute Gasteiger partial charge is 0.269 e. The number of carbonyl (C=O) groups excluding carboxylic acids is 1. The first kappa shape index (κ1) is 15.8. The second-order valence-electron chi connectivity index (χ2n) is 6.76. The number of carbonyl (C=O) groups is 1. The molecule has 1 aromatic carbocycles. The third kappa shape index (κ3) is 3.19. The van der Waals surface area contributed by atoms with E-state index in [0.717, 1.165) is 36.5 Å². The second kappa shape index (κ2) is 6.22. The highest BCUT2D eigenvalue weighted by Gasteiger charge is 2.45. The van der Waals surface area contributed by atoms with Crippen LogP contribution in [-0.2, 0) is 9.63 Å². The van der Waals surface area contributed by atoms with Gasteiger partial charge >= 0.3 is 0 Å². The molecule has 2 heterocycles. The molecule has 1 amide bonds. The van der Waals surface area contributed by atoms with E-state index in [1.807, 2.05) is 36.1 Å². The van der Waals surface area contributed by atoms with Gasteiger partial charge in [-0.2, -0.15) is 0 Å². The van der Waals surface area contributed by atoms with E-state index in [2.05, 4.69) is 12.1 Å². The van der Waals surface area contributed by atoms with Crippen LogP contribution in [0.1, 0.15) is 38.7 Å². The average molecular weight is 316 g/mol. The van der Waals surface area contributed by atoms with E-state index in [1.54, 1.807) is 7.11 Å². The van der Waals surface area contributed by atoms with Crippen molar-refractivity contribution in [2.75, 3.05) is 20.2 Å². The van der Waals surface area contributed by atoms with Crippen molar-refractivity contribution in [2.24, 2.45) is 11.1 Å². The molecular formula is C18H24N2O3. The highest BCUT2D eigenvalue weighted by Crippen LogP contribution is 2.30. The summed E-state index contributed by atoms with van der Waals surface area (Å²) in [6, 6.07) is 7.67. The quantitative estimate of drug-likeness (QED) is 0.861. The Morgan fingerprint density at radius 1 is 1.39 bits per heavy atom. The highest BCUT2D eigenvalue weighted by molar-refractivity contribution is 6.05. The number of hydrogen-bond donors (Lipinski definition) is 0. The molecule has 3 rings (SSSR count). The van der Waals surface area contributed by atoms with Crippen molar-refractivity contribution in [3.63, 3.8) is 0 Å². The standard InChI is InChI=1S/C18H24N2O3/c1-13-5-4-10-20(12-13)17(21)18(2)11-16(19-23-18)14-6-8-15(22-3)9-7-14/h6-9,13H,4-5,10-12H2,1-3H3. The number of oxime groups is 1. The number of benzene rings is 1. The van der Waals surface area contributed by atoms with Gasteiger partial charge < -0.3 is 14.5 Å². The number of ether oxygens (including phenoxy) is 1. The zero-order chi connectivity index (χ0) is 16.4. The molecule has 0 radical (unpaired) electrons. The molecule has 0 spiro atoms. The summed E-state index contributed by atoms with van der Waals surface area (Å²) in [7, 11) is 1.64. The van der Waals surface area contributed by atoms with E-state index in [9.17, 15) is 4.79 Å². The van der Waals surface area contributed by atoms with Crippen LogP contribution in [0.2, 0.25) is 0 Å². The molecule has 0 N–H and O–H groups in total. The fourth-order valence-corrected chi connectivity index (χ4v) is 3.30. The van der Waals surface area contributed by atoms with Crippen molar-refractivity contribution in [3.8, 4) is 5.75 Å². The lowest BCUT2D eigenvalue weighted by atomic mass is 9.92. The first-order valence-electron chi connectivity index (χ1n) is 8.21. The Morgan fingerprint density at radius 2 is 2.13 bits per heavy atom. The highest BCUT2D eigenvalue weighted by atomic mass is 16.7. The van der Waals surface area contributed by atoms with Gasteiger partial charge in [-0.3, -0.25) is 4.79 Å². The van der Waals surface area contributed by atoms with Gasteiger partial charge in [-0.25, -0.2) is 0 Å². The molecule has 0 aliphatic carbocycles. The second-order valence-corrected chi connectivity index (χ2v) is 6.76. The molecule has 1 fully saturated rings. The number of likely N-dealkylation sites (tertiary alicyclic amines) is 1. The lowest BCUT2D eigenvalue weighted by Crippen LogP contribution is -2.50. The molecule has 0 aromatic heterocycles. The SMILES string of the molecule is COc1ccc(C2=NOC(C)(C(=O)N3CCCC(C)C3)C2)cc1. The lowest BCUT2D eigenvalue weighted by Gasteiger charge is -2.35. The molecule has 1 saturated heterocycles. The topological polar surface area (TPSA) is 51.1 Å². The Bertz CT molecular complexity index is 611. The predicted molar refractivity (Wildman–Crippen MR) is 88.6 cm³/mol. The third-order valence-electron chi connectivity index (χ3n) is 4.68. The van der Waals surface area contributed by atoms with Gasteiger partial charge in [0.25, 0.3) is 5.91 Å². The Labute approximate surface area is 137 Å². The summed E-state index contributed by atoms with van der Waals surface area (Å²) in [6.07, 6.45) is 2.76. The summed E-state index contributed by atoms with van der Waals surface area (Å²) in [4.78, 5) is 20.4. The van der Waals surface area contributed by atoms with Crippen molar-refractivity contribution in [1.82, 2.24) is 4.90 Å². The number of hydrogen-bond acceptors (Lipinski definition) is 4. The van der Waals surface area contributed by atoms with E-state index < -0.39 is 5.60 Å². The van der Waals surface area contributed by atoms with Gasteiger partial charge in [0.15, 0.2) is 0 Å². The largest absolute Gasteiger partial charge is 0.497 e. The first-order valence-corrected chi connectivity index (χ1v) is 8.21. The van der Waals surface area contributed by atoms with Gasteiger partial charge in [-0.1, -0.05) is 12.1 Å². The van der Waals surface area contributed by atoms with Gasteiger partial charge in [0, 0.05) is 19.5 Å². The van der Waals surface area contributed by atoms with Gasteiger partial charge in [-0.05, 0) is 55.5 Å². The number of amides is 1. The molecule has 5 nitrogen and oxygen atoms in total. The third-order valence-corrected chi connectivity index (χ3v) is 4.68. The molecule has 124 valence electrons. The Hall–Kier alpha value is -2.04. The predicted octanol–water partition coefficient (Wildman–Crippen LogP) is 2.84. The van der Waals surface area contributed by atoms with E-state index in [1.165, 1.54) is 6.42 Å². The van der Waals surface area contributed by atoms with E-state index in [4.69, 9.17) is 9.57 Å². The first-order chi connectivity index (χ1) is 11.0. The summed E-state index contributed by atoms with van der Waals surface area (Å²) in [6.45, 7) is 5.67. The van der Waals surface area contributed by atoms with Crippen molar-refractivity contribution in [2.45, 2.75) is 38.7 Å². The number of rotatable bonds is 3. The van der Waals surface area contributed by atoms with Crippen molar-refractivity contribution >= 4 is 11.6 Å². The molecule has 0 saturated carbocycles. The normalized spacial score (nSPS) is 27.3. The Kier molecular flexibility index (Phi) is 4.28. The number of piperidine rings is 1. The van der Waals surface area contributed by atoms with Crippen molar-refractivity contribution in [3.05, 3.63) is 29.8 Å². The zero-order valence-corrected chi connectivity index (χ0v) is 14.0. The number of methoxy groups -OCH3 is 1. The maximum absolute atomic E-state index is 12.9. The monoisotopic (exact) mass is 316 g/mol. The minimum atomic E-state index is -0.883. The molecule has 2 aliphatic rings. The minimum absolute atomic E-state index is 0.0521. The fourth-order valence-electron chi connectivity index (χ4n) is 3.30. The van der Waals surface area contributed by atoms with Gasteiger partial charge in [0.05, 0.1) is 12.8 Å². The molecule has 2 unspecified atom stereocenters. The lowest BCUT2D eigenvalue weighted by molar-refractivity contribution is -0.155. The number of nitrogens with zero attached hydrogens (tertiary/aromatic N) is 2. The van der Waals surface area contributed by atoms with Crippen molar-refractivity contribution in [1.29, 1.82) is 0 Å². The molecule has 0 bridgehead atoms. The summed E-state index contributed by atoms with van der Waals surface area (Å²) in [5.41, 5.74) is 0.898. The van der Waals surface area contributed by atoms with E-state index in [0.29, 0.717) is 12.3 Å².